The molecular weight excluding hydrogens is 242 g/mol. The molecule has 2 rings (SSSR count). The minimum absolute atomic E-state index is 0.216. The van der Waals surface area contributed by atoms with Crippen LogP contribution < -0.4 is 11.1 Å². The minimum atomic E-state index is -0.349. The fraction of sp³-hybridized carbons (Fsp3) is 0.308. The Hall–Kier alpha value is -2.37. The number of nitrogens with one attached hydrogen (secondary N) is 2. The van der Waals surface area contributed by atoms with Gasteiger partial charge in [-0.1, -0.05) is 19.4 Å². The van der Waals surface area contributed by atoms with Crippen molar-refractivity contribution in [1.29, 1.82) is 0 Å². The normalized spacial score (nSPS) is 10.4. The summed E-state index contributed by atoms with van der Waals surface area (Å²) in [6.45, 7) is 3.91. The molecule has 6 heteroatoms. The van der Waals surface area contributed by atoms with E-state index in [-0.39, 0.29) is 11.6 Å². The van der Waals surface area contributed by atoms with E-state index in [0.29, 0.717) is 11.5 Å². The van der Waals surface area contributed by atoms with Gasteiger partial charge in [0.2, 0.25) is 0 Å². The van der Waals surface area contributed by atoms with Crippen molar-refractivity contribution in [3.05, 3.63) is 35.3 Å². The number of nitrogens with two attached hydrogens (primary N) is 1. The van der Waals surface area contributed by atoms with Gasteiger partial charge in [-0.15, -0.1) is 0 Å². The Morgan fingerprint density at radius 1 is 1.53 bits per heavy atom. The molecule has 0 aliphatic rings. The maximum Gasteiger partial charge on any atom is 0.279 e. The van der Waals surface area contributed by atoms with Crippen LogP contribution in [0.4, 0.5) is 11.5 Å². The van der Waals surface area contributed by atoms with Crippen LogP contribution in [0.15, 0.2) is 18.3 Å². The van der Waals surface area contributed by atoms with Gasteiger partial charge in [0.1, 0.15) is 5.82 Å². The van der Waals surface area contributed by atoms with Gasteiger partial charge >= 0.3 is 0 Å². The molecule has 1 amide bonds. The van der Waals surface area contributed by atoms with Crippen LogP contribution in [0, 0.1) is 6.92 Å². The summed E-state index contributed by atoms with van der Waals surface area (Å²) in [5, 5.41) is 9.48. The number of aromatic amines is 1. The van der Waals surface area contributed by atoms with Crippen molar-refractivity contribution in [3.8, 4) is 0 Å². The number of aromatic nitrogens is 3. The molecule has 2 aromatic heterocycles. The van der Waals surface area contributed by atoms with Crippen LogP contribution in [0.3, 0.4) is 0 Å². The average molecular weight is 259 g/mol. The van der Waals surface area contributed by atoms with E-state index in [1.165, 1.54) is 0 Å². The maximum absolute atomic E-state index is 12.1. The van der Waals surface area contributed by atoms with Crippen molar-refractivity contribution >= 4 is 17.4 Å². The molecule has 0 aromatic carbocycles. The Labute approximate surface area is 111 Å². The summed E-state index contributed by atoms with van der Waals surface area (Å²) in [7, 11) is 0. The molecule has 0 bridgehead atoms. The zero-order valence-corrected chi connectivity index (χ0v) is 11.0. The summed E-state index contributed by atoms with van der Waals surface area (Å²) in [6.07, 6.45) is 3.33. The molecule has 0 radical (unpaired) electrons. The second-order valence-corrected chi connectivity index (χ2v) is 4.34. The van der Waals surface area contributed by atoms with E-state index in [0.717, 1.165) is 24.1 Å². The molecule has 2 aromatic rings. The zero-order valence-electron chi connectivity index (χ0n) is 11.0. The molecular formula is C13H17N5O. The molecule has 0 aliphatic carbocycles. The van der Waals surface area contributed by atoms with Crippen molar-refractivity contribution in [2.75, 3.05) is 11.1 Å². The predicted molar refractivity (Wildman–Crippen MR) is 73.9 cm³/mol. The molecule has 19 heavy (non-hydrogen) atoms. The van der Waals surface area contributed by atoms with E-state index >= 15 is 0 Å². The van der Waals surface area contributed by atoms with E-state index in [1.54, 1.807) is 6.20 Å². The first kappa shape index (κ1) is 13.1. The summed E-state index contributed by atoms with van der Waals surface area (Å²) in [5.41, 5.74) is 8.22. The van der Waals surface area contributed by atoms with E-state index in [2.05, 4.69) is 20.5 Å². The maximum atomic E-state index is 12.1. The van der Waals surface area contributed by atoms with Crippen molar-refractivity contribution in [1.82, 2.24) is 15.2 Å². The largest absolute Gasteiger partial charge is 0.395 e. The highest BCUT2D eigenvalue weighted by Gasteiger charge is 2.17. The molecule has 4 N–H and O–H groups in total. The number of aryl methyl sites for hydroxylation is 2. The Balaban J connectivity index is 2.19. The lowest BCUT2D eigenvalue weighted by molar-refractivity contribution is 0.102. The quantitative estimate of drug-likeness (QED) is 0.781. The van der Waals surface area contributed by atoms with Crippen molar-refractivity contribution < 1.29 is 4.79 Å². The fourth-order valence-corrected chi connectivity index (χ4v) is 1.78. The molecule has 2 heterocycles. The van der Waals surface area contributed by atoms with Gasteiger partial charge in [-0.05, 0) is 25.0 Å². The van der Waals surface area contributed by atoms with E-state index in [9.17, 15) is 4.79 Å². The number of amides is 1. The number of pyridine rings is 1. The van der Waals surface area contributed by atoms with Crippen LogP contribution in [0.25, 0.3) is 0 Å². The predicted octanol–water partition coefficient (Wildman–Crippen LogP) is 1.90. The molecule has 100 valence electrons. The Morgan fingerprint density at radius 3 is 3.00 bits per heavy atom. The highest BCUT2D eigenvalue weighted by Crippen LogP contribution is 2.17. The second-order valence-electron chi connectivity index (χ2n) is 4.34. The van der Waals surface area contributed by atoms with Gasteiger partial charge in [0.05, 0.1) is 11.4 Å². The molecule has 0 fully saturated rings. The highest BCUT2D eigenvalue weighted by molar-refractivity contribution is 6.06. The number of hydrogen-bond donors (Lipinski definition) is 3. The van der Waals surface area contributed by atoms with Crippen molar-refractivity contribution in [2.45, 2.75) is 26.7 Å². The van der Waals surface area contributed by atoms with Crippen LogP contribution in [-0.2, 0) is 6.42 Å². The van der Waals surface area contributed by atoms with Crippen LogP contribution in [0.2, 0.25) is 0 Å². The summed E-state index contributed by atoms with van der Waals surface area (Å²) >= 11 is 0. The van der Waals surface area contributed by atoms with Crippen LogP contribution >= 0.6 is 0 Å². The van der Waals surface area contributed by atoms with E-state index in [4.69, 9.17) is 5.73 Å². The molecule has 0 saturated heterocycles. The number of carbonyl (C=O) groups excluding carboxylic acids is 1. The summed E-state index contributed by atoms with van der Waals surface area (Å²) in [5.74, 6) is 0.171. The topological polar surface area (TPSA) is 96.7 Å². The van der Waals surface area contributed by atoms with Crippen LogP contribution in [0.1, 0.15) is 35.1 Å². The summed E-state index contributed by atoms with van der Waals surface area (Å²) in [4.78, 5) is 16.2. The minimum Gasteiger partial charge on any atom is -0.395 e. The SMILES string of the molecule is CCCc1[nH]nc(C(=O)Nc2ncccc2C)c1N. The first-order chi connectivity index (χ1) is 9.13. The Bertz CT molecular complexity index is 590. The Kier molecular flexibility index (Phi) is 3.79. The highest BCUT2D eigenvalue weighted by atomic mass is 16.2. The summed E-state index contributed by atoms with van der Waals surface area (Å²) < 4.78 is 0. The molecule has 0 saturated carbocycles. The van der Waals surface area contributed by atoms with E-state index < -0.39 is 0 Å². The van der Waals surface area contributed by atoms with Gasteiger partial charge < -0.3 is 11.1 Å². The van der Waals surface area contributed by atoms with Gasteiger partial charge in [0, 0.05) is 6.20 Å². The van der Waals surface area contributed by atoms with Gasteiger partial charge in [0.25, 0.3) is 5.91 Å². The lowest BCUT2D eigenvalue weighted by atomic mass is 10.2. The van der Waals surface area contributed by atoms with Crippen LogP contribution in [-0.4, -0.2) is 21.1 Å². The van der Waals surface area contributed by atoms with Gasteiger partial charge in [0.15, 0.2) is 5.69 Å². The monoisotopic (exact) mass is 259 g/mol. The molecule has 0 unspecified atom stereocenters. The van der Waals surface area contributed by atoms with Crippen molar-refractivity contribution in [3.63, 3.8) is 0 Å². The fourth-order valence-electron chi connectivity index (χ4n) is 1.78. The van der Waals surface area contributed by atoms with Gasteiger partial charge in [-0.3, -0.25) is 9.89 Å². The number of H-pyrrole nitrogens is 1. The first-order valence-corrected chi connectivity index (χ1v) is 6.19. The summed E-state index contributed by atoms with van der Waals surface area (Å²) in [6, 6.07) is 3.69. The van der Waals surface area contributed by atoms with Gasteiger partial charge in [-0.25, -0.2) is 4.98 Å². The molecule has 6 nitrogen and oxygen atoms in total. The van der Waals surface area contributed by atoms with Crippen molar-refractivity contribution in [2.24, 2.45) is 0 Å². The third-order valence-corrected chi connectivity index (χ3v) is 2.84. The number of nitrogen functional groups attached to an aromatic ring is 1. The lowest BCUT2D eigenvalue weighted by Gasteiger charge is -2.05. The Morgan fingerprint density at radius 2 is 2.32 bits per heavy atom. The molecule has 0 aliphatic heterocycles. The number of carbonyl (C=O) groups is 1. The third kappa shape index (κ3) is 2.73. The van der Waals surface area contributed by atoms with Gasteiger partial charge in [-0.2, -0.15) is 5.10 Å². The number of nitrogens with zero attached hydrogens (tertiary/aromatic N) is 2. The second kappa shape index (κ2) is 5.51. The standard InChI is InChI=1S/C13H17N5O/c1-3-5-9-10(14)11(18-17-9)13(19)16-12-8(2)6-4-7-15-12/h4,6-7H,3,5,14H2,1-2H3,(H,17,18)(H,15,16,19). The lowest BCUT2D eigenvalue weighted by Crippen LogP contribution is -2.16. The molecule has 0 spiro atoms. The first-order valence-electron chi connectivity index (χ1n) is 6.19. The number of hydrogen-bond acceptors (Lipinski definition) is 4. The smallest absolute Gasteiger partial charge is 0.279 e. The average Bonchev–Trinajstić information content (AvgIpc) is 2.75. The zero-order chi connectivity index (χ0) is 13.8. The molecule has 0 atom stereocenters. The number of rotatable bonds is 4. The third-order valence-electron chi connectivity index (χ3n) is 2.84. The number of anilines is 2. The van der Waals surface area contributed by atoms with Crippen LogP contribution in [0.5, 0.6) is 0 Å². The van der Waals surface area contributed by atoms with E-state index in [1.807, 2.05) is 26.0 Å².